The van der Waals surface area contributed by atoms with E-state index in [0.717, 1.165) is 10.9 Å². The molecule has 1 amide bonds. The second-order valence-electron chi connectivity index (χ2n) is 5.31. The minimum atomic E-state index is -0.313. The van der Waals surface area contributed by atoms with E-state index in [9.17, 15) is 10.1 Å². The van der Waals surface area contributed by atoms with Gasteiger partial charge in [0.25, 0.3) is 5.91 Å². The lowest BCUT2D eigenvalue weighted by Crippen LogP contribution is -2.24. The number of methoxy groups -OCH3 is 1. The summed E-state index contributed by atoms with van der Waals surface area (Å²) in [5.74, 6) is 0.321. The molecule has 0 bridgehead atoms. The summed E-state index contributed by atoms with van der Waals surface area (Å²) in [6, 6.07) is 11.1. The van der Waals surface area contributed by atoms with Crippen molar-refractivity contribution in [3.63, 3.8) is 0 Å². The van der Waals surface area contributed by atoms with Crippen LogP contribution in [0.3, 0.4) is 0 Å². The Hall–Kier alpha value is -3.46. The highest BCUT2D eigenvalue weighted by Gasteiger charge is 2.20. The normalized spacial score (nSPS) is 10.3. The molecule has 1 aromatic carbocycles. The minimum absolute atomic E-state index is 0.176. The van der Waals surface area contributed by atoms with Crippen molar-refractivity contribution in [3.8, 4) is 22.9 Å². The van der Waals surface area contributed by atoms with Crippen LogP contribution in [0.25, 0.3) is 21.9 Å². The van der Waals surface area contributed by atoms with Crippen LogP contribution in [-0.2, 0) is 0 Å². The van der Waals surface area contributed by atoms with Crippen molar-refractivity contribution < 1.29 is 9.53 Å². The number of nitrogens with zero attached hydrogens (tertiary/aromatic N) is 3. The van der Waals surface area contributed by atoms with E-state index in [4.69, 9.17) is 4.74 Å². The number of carbonyl (C=O) groups is 1. The standard InChI is InChI=1S/C19H16N4O2/c1-3-22-19(24)18-14-7-6-13(25-2)9-15(14)17(16(10-20)23-18)12-5-4-8-21-11-12/h4-9,11H,3H2,1-2H3,(H,22,24). The highest BCUT2D eigenvalue weighted by molar-refractivity contribution is 6.10. The van der Waals surface area contributed by atoms with E-state index in [2.05, 4.69) is 21.4 Å². The molecule has 0 aliphatic heterocycles. The second kappa shape index (κ2) is 6.97. The fraction of sp³-hybridized carbons (Fsp3) is 0.158. The lowest BCUT2D eigenvalue weighted by atomic mass is 9.96. The fourth-order valence-electron chi connectivity index (χ4n) is 2.72. The molecule has 6 nitrogen and oxygen atoms in total. The number of amides is 1. The third-order valence-electron chi connectivity index (χ3n) is 3.82. The summed E-state index contributed by atoms with van der Waals surface area (Å²) in [5.41, 5.74) is 1.79. The van der Waals surface area contributed by atoms with E-state index in [1.165, 1.54) is 0 Å². The number of rotatable bonds is 4. The lowest BCUT2D eigenvalue weighted by Gasteiger charge is -2.13. The van der Waals surface area contributed by atoms with Gasteiger partial charge in [-0.2, -0.15) is 5.26 Å². The Balaban J connectivity index is 2.41. The molecule has 0 saturated carbocycles. The number of aromatic nitrogens is 2. The van der Waals surface area contributed by atoms with E-state index < -0.39 is 0 Å². The van der Waals surface area contributed by atoms with Gasteiger partial charge in [0.2, 0.25) is 0 Å². The molecule has 124 valence electrons. The molecule has 3 rings (SSSR count). The molecule has 0 unspecified atom stereocenters. The number of hydrogen-bond donors (Lipinski definition) is 1. The average Bonchev–Trinajstić information content (AvgIpc) is 2.66. The summed E-state index contributed by atoms with van der Waals surface area (Å²) in [7, 11) is 1.57. The van der Waals surface area contributed by atoms with Gasteiger partial charge >= 0.3 is 0 Å². The molecule has 1 N–H and O–H groups in total. The largest absolute Gasteiger partial charge is 0.497 e. The number of hydrogen-bond acceptors (Lipinski definition) is 5. The topological polar surface area (TPSA) is 87.9 Å². The summed E-state index contributed by atoms with van der Waals surface area (Å²) in [6.45, 7) is 2.31. The summed E-state index contributed by atoms with van der Waals surface area (Å²) in [6.07, 6.45) is 3.33. The maximum absolute atomic E-state index is 12.4. The molecule has 0 saturated heterocycles. The van der Waals surface area contributed by atoms with Crippen molar-refractivity contribution in [1.82, 2.24) is 15.3 Å². The molecule has 3 aromatic rings. The van der Waals surface area contributed by atoms with Crippen LogP contribution in [0.5, 0.6) is 5.75 Å². The molecule has 25 heavy (non-hydrogen) atoms. The monoisotopic (exact) mass is 332 g/mol. The Labute approximate surface area is 145 Å². The Bertz CT molecular complexity index is 978. The number of nitrogens with one attached hydrogen (secondary N) is 1. The number of carbonyl (C=O) groups excluding carboxylic acids is 1. The molecule has 2 heterocycles. The van der Waals surface area contributed by atoms with Gasteiger partial charge in [0, 0.05) is 35.5 Å². The van der Waals surface area contributed by atoms with Gasteiger partial charge in [-0.3, -0.25) is 9.78 Å². The van der Waals surface area contributed by atoms with E-state index in [-0.39, 0.29) is 17.3 Å². The predicted molar refractivity (Wildman–Crippen MR) is 94.2 cm³/mol. The molecule has 0 spiro atoms. The SMILES string of the molecule is CCNC(=O)c1nc(C#N)c(-c2cccnc2)c2cc(OC)ccc12. The number of nitriles is 1. The van der Waals surface area contributed by atoms with Crippen LogP contribution in [0.4, 0.5) is 0 Å². The van der Waals surface area contributed by atoms with E-state index >= 15 is 0 Å². The highest BCUT2D eigenvalue weighted by Crippen LogP contribution is 2.34. The van der Waals surface area contributed by atoms with Gasteiger partial charge in [-0.25, -0.2) is 4.98 Å². The van der Waals surface area contributed by atoms with Gasteiger partial charge in [0.15, 0.2) is 0 Å². The Morgan fingerprint density at radius 2 is 2.16 bits per heavy atom. The summed E-state index contributed by atoms with van der Waals surface area (Å²) < 4.78 is 5.32. The van der Waals surface area contributed by atoms with Crippen molar-refractivity contribution in [2.75, 3.05) is 13.7 Å². The van der Waals surface area contributed by atoms with Crippen molar-refractivity contribution >= 4 is 16.7 Å². The Morgan fingerprint density at radius 1 is 1.32 bits per heavy atom. The van der Waals surface area contributed by atoms with Crippen molar-refractivity contribution in [3.05, 3.63) is 54.1 Å². The van der Waals surface area contributed by atoms with Crippen molar-refractivity contribution in [2.24, 2.45) is 0 Å². The molecule has 0 radical (unpaired) electrons. The van der Waals surface area contributed by atoms with E-state index in [1.807, 2.05) is 19.1 Å². The predicted octanol–water partition coefficient (Wildman–Crippen LogP) is 2.93. The van der Waals surface area contributed by atoms with E-state index in [0.29, 0.717) is 23.2 Å². The van der Waals surface area contributed by atoms with Gasteiger partial charge < -0.3 is 10.1 Å². The van der Waals surface area contributed by atoms with Gasteiger partial charge in [-0.05, 0) is 36.6 Å². The number of ether oxygens (including phenoxy) is 1. The third kappa shape index (κ3) is 3.00. The van der Waals surface area contributed by atoms with Crippen molar-refractivity contribution in [2.45, 2.75) is 6.92 Å². The maximum Gasteiger partial charge on any atom is 0.270 e. The molecule has 2 aromatic heterocycles. The van der Waals surface area contributed by atoms with Gasteiger partial charge in [0.1, 0.15) is 23.2 Å². The Morgan fingerprint density at radius 3 is 2.80 bits per heavy atom. The lowest BCUT2D eigenvalue weighted by molar-refractivity contribution is 0.0952. The third-order valence-corrected chi connectivity index (χ3v) is 3.82. The molecular weight excluding hydrogens is 316 g/mol. The summed E-state index contributed by atoms with van der Waals surface area (Å²) >= 11 is 0. The minimum Gasteiger partial charge on any atom is -0.497 e. The summed E-state index contributed by atoms with van der Waals surface area (Å²) in [5, 5.41) is 13.7. The van der Waals surface area contributed by atoms with Crippen LogP contribution < -0.4 is 10.1 Å². The van der Waals surface area contributed by atoms with Crippen LogP contribution in [0.1, 0.15) is 23.1 Å². The van der Waals surface area contributed by atoms with Crippen LogP contribution >= 0.6 is 0 Å². The molecule has 6 heteroatoms. The van der Waals surface area contributed by atoms with Crippen LogP contribution in [0, 0.1) is 11.3 Å². The zero-order valence-electron chi connectivity index (χ0n) is 13.9. The van der Waals surface area contributed by atoms with Gasteiger partial charge in [0.05, 0.1) is 7.11 Å². The first-order chi connectivity index (χ1) is 12.2. The fourth-order valence-corrected chi connectivity index (χ4v) is 2.72. The molecular formula is C19H16N4O2. The molecule has 0 fully saturated rings. The van der Waals surface area contributed by atoms with E-state index in [1.54, 1.807) is 37.7 Å². The van der Waals surface area contributed by atoms with Crippen LogP contribution in [0.2, 0.25) is 0 Å². The maximum atomic E-state index is 12.4. The van der Waals surface area contributed by atoms with Gasteiger partial charge in [-0.15, -0.1) is 0 Å². The quantitative estimate of drug-likeness (QED) is 0.793. The smallest absolute Gasteiger partial charge is 0.270 e. The Kier molecular flexibility index (Phi) is 4.57. The first-order valence-corrected chi connectivity index (χ1v) is 7.80. The summed E-state index contributed by atoms with van der Waals surface area (Å²) in [4.78, 5) is 20.9. The number of benzene rings is 1. The number of fused-ring (bicyclic) bond motifs is 1. The zero-order chi connectivity index (χ0) is 17.8. The molecule has 0 atom stereocenters. The van der Waals surface area contributed by atoms with Crippen LogP contribution in [0.15, 0.2) is 42.7 Å². The first-order valence-electron chi connectivity index (χ1n) is 7.80. The van der Waals surface area contributed by atoms with Gasteiger partial charge in [-0.1, -0.05) is 6.07 Å². The molecule has 0 aliphatic rings. The van der Waals surface area contributed by atoms with Crippen LogP contribution in [-0.4, -0.2) is 29.5 Å². The molecule has 0 aliphatic carbocycles. The highest BCUT2D eigenvalue weighted by atomic mass is 16.5. The zero-order valence-corrected chi connectivity index (χ0v) is 13.9. The van der Waals surface area contributed by atoms with Crippen molar-refractivity contribution in [1.29, 1.82) is 5.26 Å². The average molecular weight is 332 g/mol. The first kappa shape index (κ1) is 16.4. The second-order valence-corrected chi connectivity index (χ2v) is 5.31. The number of pyridine rings is 2.